The highest BCUT2D eigenvalue weighted by molar-refractivity contribution is 5.91. The maximum atomic E-state index is 12.0. The molecule has 2 aromatic carbocycles. The molecule has 0 N–H and O–H groups in total. The second kappa shape index (κ2) is 7.26. The van der Waals surface area contributed by atoms with Gasteiger partial charge in [-0.3, -0.25) is 4.79 Å². The summed E-state index contributed by atoms with van der Waals surface area (Å²) >= 11 is 0. The highest BCUT2D eigenvalue weighted by atomic mass is 16.5. The van der Waals surface area contributed by atoms with E-state index in [1.165, 1.54) is 7.11 Å². The molecular weight excluding hydrogens is 284 g/mol. The number of hydrogen-bond acceptors (Lipinski definition) is 5. The molecule has 0 atom stereocenters. The number of ether oxygens (including phenoxy) is 3. The number of carbonyl (C=O) groups is 2. The van der Waals surface area contributed by atoms with E-state index in [1.807, 2.05) is 0 Å². The van der Waals surface area contributed by atoms with Crippen LogP contribution in [0, 0.1) is 0 Å². The number of esters is 2. The van der Waals surface area contributed by atoms with Crippen LogP contribution in [0.25, 0.3) is 0 Å². The third kappa shape index (κ3) is 4.09. The van der Waals surface area contributed by atoms with Crippen LogP contribution in [0.2, 0.25) is 0 Å². The fourth-order valence-corrected chi connectivity index (χ4v) is 1.81. The average molecular weight is 300 g/mol. The summed E-state index contributed by atoms with van der Waals surface area (Å²) in [6, 6.07) is 13.4. The van der Waals surface area contributed by atoms with Crippen LogP contribution in [-0.2, 0) is 16.0 Å². The van der Waals surface area contributed by atoms with E-state index < -0.39 is 5.97 Å². The summed E-state index contributed by atoms with van der Waals surface area (Å²) in [6.07, 6.45) is 0.184. The van der Waals surface area contributed by atoms with E-state index in [4.69, 9.17) is 9.47 Å². The first-order chi connectivity index (χ1) is 10.6. The lowest BCUT2D eigenvalue weighted by atomic mass is 10.1. The van der Waals surface area contributed by atoms with Gasteiger partial charge in [-0.25, -0.2) is 4.79 Å². The molecule has 0 aromatic heterocycles. The summed E-state index contributed by atoms with van der Waals surface area (Å²) in [4.78, 5) is 23.1. The van der Waals surface area contributed by atoms with Gasteiger partial charge >= 0.3 is 11.9 Å². The Balaban J connectivity index is 2.00. The normalized spacial score (nSPS) is 9.91. The SMILES string of the molecule is COC(=O)Cc1ccc(OC(=O)c2ccc(OC)cc2)cc1. The van der Waals surface area contributed by atoms with Crippen LogP contribution >= 0.6 is 0 Å². The zero-order valence-corrected chi connectivity index (χ0v) is 12.4. The average Bonchev–Trinajstić information content (AvgIpc) is 2.56. The Hall–Kier alpha value is -2.82. The molecule has 0 unspecified atom stereocenters. The van der Waals surface area contributed by atoms with Crippen LogP contribution in [0.5, 0.6) is 11.5 Å². The Morgan fingerprint density at radius 2 is 1.45 bits per heavy atom. The van der Waals surface area contributed by atoms with Crippen LogP contribution < -0.4 is 9.47 Å². The van der Waals surface area contributed by atoms with E-state index in [-0.39, 0.29) is 12.4 Å². The van der Waals surface area contributed by atoms with Gasteiger partial charge in [0.15, 0.2) is 0 Å². The van der Waals surface area contributed by atoms with Crippen molar-refractivity contribution in [3.63, 3.8) is 0 Å². The van der Waals surface area contributed by atoms with Crippen molar-refractivity contribution in [2.24, 2.45) is 0 Å². The molecule has 0 radical (unpaired) electrons. The van der Waals surface area contributed by atoms with Crippen LogP contribution in [-0.4, -0.2) is 26.2 Å². The Labute approximate surface area is 128 Å². The molecule has 0 bridgehead atoms. The zero-order valence-electron chi connectivity index (χ0n) is 12.4. The summed E-state index contributed by atoms with van der Waals surface area (Å²) in [5.41, 5.74) is 1.22. The van der Waals surface area contributed by atoms with E-state index in [9.17, 15) is 9.59 Å². The lowest BCUT2D eigenvalue weighted by molar-refractivity contribution is -0.139. The molecule has 2 rings (SSSR count). The van der Waals surface area contributed by atoms with Crippen molar-refractivity contribution in [3.05, 3.63) is 59.7 Å². The fourth-order valence-electron chi connectivity index (χ4n) is 1.81. The lowest BCUT2D eigenvalue weighted by Crippen LogP contribution is -2.08. The molecule has 0 aliphatic heterocycles. The van der Waals surface area contributed by atoms with Crippen molar-refractivity contribution in [1.29, 1.82) is 0 Å². The monoisotopic (exact) mass is 300 g/mol. The summed E-state index contributed by atoms with van der Waals surface area (Å²) in [5, 5.41) is 0. The topological polar surface area (TPSA) is 61.8 Å². The number of rotatable bonds is 5. The smallest absolute Gasteiger partial charge is 0.343 e. The second-order valence-electron chi connectivity index (χ2n) is 4.51. The van der Waals surface area contributed by atoms with E-state index in [1.54, 1.807) is 55.6 Å². The molecule has 0 saturated carbocycles. The van der Waals surface area contributed by atoms with Crippen LogP contribution in [0.4, 0.5) is 0 Å². The Bertz CT molecular complexity index is 644. The minimum absolute atomic E-state index is 0.184. The number of hydrogen-bond donors (Lipinski definition) is 0. The van der Waals surface area contributed by atoms with Crippen LogP contribution in [0.3, 0.4) is 0 Å². The standard InChI is InChI=1S/C17H16O5/c1-20-14-9-5-13(6-10-14)17(19)22-15-7-3-12(4-8-15)11-16(18)21-2/h3-10H,11H2,1-2H3. The molecule has 0 spiro atoms. The predicted octanol–water partition coefficient (Wildman–Crippen LogP) is 2.63. The van der Waals surface area contributed by atoms with Crippen molar-refractivity contribution in [2.75, 3.05) is 14.2 Å². The van der Waals surface area contributed by atoms with Crippen LogP contribution in [0.15, 0.2) is 48.5 Å². The van der Waals surface area contributed by atoms with Crippen LogP contribution in [0.1, 0.15) is 15.9 Å². The molecule has 0 heterocycles. The molecule has 0 aliphatic carbocycles. The molecule has 0 fully saturated rings. The number of benzene rings is 2. The third-order valence-corrected chi connectivity index (χ3v) is 3.04. The molecule has 22 heavy (non-hydrogen) atoms. The van der Waals surface area contributed by atoms with Crippen molar-refractivity contribution < 1.29 is 23.8 Å². The van der Waals surface area contributed by atoms with Gasteiger partial charge in [0.25, 0.3) is 0 Å². The van der Waals surface area contributed by atoms with Gasteiger partial charge in [-0.2, -0.15) is 0 Å². The molecule has 0 amide bonds. The zero-order chi connectivity index (χ0) is 15.9. The summed E-state index contributed by atoms with van der Waals surface area (Å²) < 4.78 is 14.9. The molecule has 5 nitrogen and oxygen atoms in total. The highest BCUT2D eigenvalue weighted by Crippen LogP contribution is 2.16. The maximum Gasteiger partial charge on any atom is 0.343 e. The lowest BCUT2D eigenvalue weighted by Gasteiger charge is -2.06. The van der Waals surface area contributed by atoms with Crippen molar-refractivity contribution >= 4 is 11.9 Å². The number of methoxy groups -OCH3 is 2. The van der Waals surface area contributed by atoms with Gasteiger partial charge in [-0.1, -0.05) is 12.1 Å². The first-order valence-electron chi connectivity index (χ1n) is 6.64. The van der Waals surface area contributed by atoms with Crippen molar-refractivity contribution in [1.82, 2.24) is 0 Å². The Kier molecular flexibility index (Phi) is 5.14. The van der Waals surface area contributed by atoms with Crippen molar-refractivity contribution in [2.45, 2.75) is 6.42 Å². The molecule has 0 saturated heterocycles. The van der Waals surface area contributed by atoms with Gasteiger partial charge in [0.05, 0.1) is 26.2 Å². The molecule has 0 aliphatic rings. The van der Waals surface area contributed by atoms with Gasteiger partial charge in [0.1, 0.15) is 11.5 Å². The van der Waals surface area contributed by atoms with Gasteiger partial charge in [0.2, 0.25) is 0 Å². The minimum Gasteiger partial charge on any atom is -0.497 e. The fraction of sp³-hybridized carbons (Fsp3) is 0.176. The Morgan fingerprint density at radius 3 is 2.00 bits per heavy atom. The van der Waals surface area contributed by atoms with Gasteiger partial charge < -0.3 is 14.2 Å². The van der Waals surface area contributed by atoms with E-state index >= 15 is 0 Å². The summed E-state index contributed by atoms with van der Waals surface area (Å²) in [5.74, 6) is 0.310. The van der Waals surface area contributed by atoms with Crippen molar-refractivity contribution in [3.8, 4) is 11.5 Å². The molecule has 5 heteroatoms. The molecule has 2 aromatic rings. The summed E-state index contributed by atoms with van der Waals surface area (Å²) in [6.45, 7) is 0. The van der Waals surface area contributed by atoms with E-state index in [2.05, 4.69) is 4.74 Å². The largest absolute Gasteiger partial charge is 0.497 e. The second-order valence-corrected chi connectivity index (χ2v) is 4.51. The van der Waals surface area contributed by atoms with Gasteiger partial charge in [0, 0.05) is 0 Å². The third-order valence-electron chi connectivity index (χ3n) is 3.04. The van der Waals surface area contributed by atoms with Gasteiger partial charge in [-0.05, 0) is 42.0 Å². The number of carbonyl (C=O) groups excluding carboxylic acids is 2. The first-order valence-corrected chi connectivity index (χ1v) is 6.64. The Morgan fingerprint density at radius 1 is 0.864 bits per heavy atom. The molecular formula is C17H16O5. The maximum absolute atomic E-state index is 12.0. The predicted molar refractivity (Wildman–Crippen MR) is 80.1 cm³/mol. The highest BCUT2D eigenvalue weighted by Gasteiger charge is 2.09. The first kappa shape index (κ1) is 15.6. The van der Waals surface area contributed by atoms with E-state index in [0.717, 1.165) is 5.56 Å². The minimum atomic E-state index is -0.455. The summed E-state index contributed by atoms with van der Waals surface area (Å²) in [7, 11) is 2.90. The van der Waals surface area contributed by atoms with Gasteiger partial charge in [-0.15, -0.1) is 0 Å². The quantitative estimate of drug-likeness (QED) is 0.627. The van der Waals surface area contributed by atoms with E-state index in [0.29, 0.717) is 17.1 Å². The molecule has 114 valence electrons.